The smallest absolute Gasteiger partial charge is 0.142 e. The van der Waals surface area contributed by atoms with Crippen LogP contribution in [0.4, 0.5) is 11.6 Å². The van der Waals surface area contributed by atoms with Crippen LogP contribution in [0, 0.1) is 6.92 Å². The second kappa shape index (κ2) is 5.68. The largest absolute Gasteiger partial charge is 0.353 e. The molecule has 2 aliphatic rings. The van der Waals surface area contributed by atoms with Gasteiger partial charge >= 0.3 is 0 Å². The van der Waals surface area contributed by atoms with E-state index in [-0.39, 0.29) is 0 Å². The predicted octanol–water partition coefficient (Wildman–Crippen LogP) is 2.26. The van der Waals surface area contributed by atoms with Crippen LogP contribution in [0.15, 0.2) is 24.7 Å². The molecule has 0 spiro atoms. The first-order valence-corrected chi connectivity index (χ1v) is 8.91. The number of hydrogen-bond acceptors (Lipinski definition) is 6. The van der Waals surface area contributed by atoms with Crippen molar-refractivity contribution in [3.63, 3.8) is 0 Å². The zero-order valence-corrected chi connectivity index (χ0v) is 14.3. The van der Waals surface area contributed by atoms with Gasteiger partial charge in [-0.3, -0.25) is 0 Å². The highest BCUT2D eigenvalue weighted by atomic mass is 15.3. The number of H-pyrrole nitrogens is 1. The summed E-state index contributed by atoms with van der Waals surface area (Å²) in [7, 11) is 0. The molecule has 7 nitrogen and oxygen atoms in total. The summed E-state index contributed by atoms with van der Waals surface area (Å²) in [6.07, 6.45) is 6.09. The summed E-state index contributed by atoms with van der Waals surface area (Å²) in [5, 5.41) is 1.09. The summed E-state index contributed by atoms with van der Waals surface area (Å²) in [6, 6.07) is 4.24. The van der Waals surface area contributed by atoms with Crippen molar-refractivity contribution in [2.45, 2.75) is 25.7 Å². The molecule has 3 aromatic rings. The van der Waals surface area contributed by atoms with E-state index in [4.69, 9.17) is 0 Å². The van der Waals surface area contributed by atoms with Crippen LogP contribution < -0.4 is 9.80 Å². The van der Waals surface area contributed by atoms with Gasteiger partial charge in [0.1, 0.15) is 29.4 Å². The van der Waals surface area contributed by atoms with Crippen molar-refractivity contribution in [3.05, 3.63) is 36.2 Å². The highest BCUT2D eigenvalue weighted by Gasteiger charge is 2.27. The number of anilines is 2. The summed E-state index contributed by atoms with van der Waals surface area (Å²) in [5.74, 6) is 3.63. The van der Waals surface area contributed by atoms with Crippen LogP contribution in [-0.2, 0) is 0 Å². The first kappa shape index (κ1) is 14.6. The van der Waals surface area contributed by atoms with Gasteiger partial charge in [0.05, 0.1) is 5.39 Å². The number of piperazine rings is 1. The van der Waals surface area contributed by atoms with Crippen LogP contribution in [-0.4, -0.2) is 51.1 Å². The second-order valence-corrected chi connectivity index (χ2v) is 6.88. The van der Waals surface area contributed by atoms with E-state index in [9.17, 15) is 0 Å². The predicted molar refractivity (Wildman–Crippen MR) is 97.1 cm³/mol. The number of rotatable bonds is 3. The minimum Gasteiger partial charge on any atom is -0.353 e. The van der Waals surface area contributed by atoms with Gasteiger partial charge in [0.2, 0.25) is 0 Å². The van der Waals surface area contributed by atoms with Crippen LogP contribution in [0.5, 0.6) is 0 Å². The molecule has 25 heavy (non-hydrogen) atoms. The van der Waals surface area contributed by atoms with Gasteiger partial charge < -0.3 is 14.8 Å². The third kappa shape index (κ3) is 2.69. The Bertz CT molecular complexity index is 907. The summed E-state index contributed by atoms with van der Waals surface area (Å²) >= 11 is 0. The quantitative estimate of drug-likeness (QED) is 0.791. The van der Waals surface area contributed by atoms with E-state index in [2.05, 4.69) is 40.8 Å². The van der Waals surface area contributed by atoms with E-state index in [1.165, 1.54) is 18.5 Å². The SMILES string of the molecule is Cc1nc(C2CC2)cc(N2CCN(c3ncnc4[nH]ccc34)CC2)n1. The topological polar surface area (TPSA) is 73.8 Å². The number of hydrogen-bond donors (Lipinski definition) is 1. The summed E-state index contributed by atoms with van der Waals surface area (Å²) < 4.78 is 0. The lowest BCUT2D eigenvalue weighted by Crippen LogP contribution is -2.47. The first-order chi connectivity index (χ1) is 12.3. The maximum Gasteiger partial charge on any atom is 0.142 e. The molecule has 1 aliphatic heterocycles. The highest BCUT2D eigenvalue weighted by molar-refractivity contribution is 5.87. The molecule has 0 aromatic carbocycles. The molecule has 0 bridgehead atoms. The van der Waals surface area contributed by atoms with Gasteiger partial charge in [-0.15, -0.1) is 0 Å². The molecule has 0 amide bonds. The van der Waals surface area contributed by atoms with Crippen molar-refractivity contribution < 1.29 is 0 Å². The van der Waals surface area contributed by atoms with Gasteiger partial charge in [-0.25, -0.2) is 19.9 Å². The number of fused-ring (bicyclic) bond motifs is 1. The van der Waals surface area contributed by atoms with Gasteiger partial charge in [-0.2, -0.15) is 0 Å². The fraction of sp³-hybridized carbons (Fsp3) is 0.444. The zero-order chi connectivity index (χ0) is 16.8. The van der Waals surface area contributed by atoms with Gasteiger partial charge in [0, 0.05) is 50.1 Å². The Kier molecular flexibility index (Phi) is 3.33. The Labute approximate surface area is 146 Å². The lowest BCUT2D eigenvalue weighted by atomic mass is 10.2. The van der Waals surface area contributed by atoms with Crippen LogP contribution in [0.3, 0.4) is 0 Å². The lowest BCUT2D eigenvalue weighted by Gasteiger charge is -2.36. The molecule has 2 fully saturated rings. The van der Waals surface area contributed by atoms with E-state index in [0.717, 1.165) is 54.7 Å². The molecule has 0 atom stereocenters. The molecule has 128 valence electrons. The average molecular weight is 335 g/mol. The lowest BCUT2D eigenvalue weighted by molar-refractivity contribution is 0.640. The summed E-state index contributed by atoms with van der Waals surface area (Å²) in [6.45, 7) is 5.74. The molecule has 1 N–H and O–H groups in total. The first-order valence-electron chi connectivity index (χ1n) is 8.91. The second-order valence-electron chi connectivity index (χ2n) is 6.88. The van der Waals surface area contributed by atoms with Crippen molar-refractivity contribution in [2.24, 2.45) is 0 Å². The molecule has 1 saturated heterocycles. The molecule has 1 aliphatic carbocycles. The van der Waals surface area contributed by atoms with Gasteiger partial charge in [-0.05, 0) is 25.8 Å². The van der Waals surface area contributed by atoms with E-state index < -0.39 is 0 Å². The molecule has 5 rings (SSSR count). The van der Waals surface area contributed by atoms with Gasteiger partial charge in [0.15, 0.2) is 0 Å². The van der Waals surface area contributed by atoms with Crippen molar-refractivity contribution >= 4 is 22.7 Å². The number of aromatic nitrogens is 5. The van der Waals surface area contributed by atoms with Crippen LogP contribution in [0.2, 0.25) is 0 Å². The third-order valence-corrected chi connectivity index (χ3v) is 5.08. The Morgan fingerprint density at radius 1 is 1.04 bits per heavy atom. The molecule has 0 radical (unpaired) electrons. The number of aryl methyl sites for hydroxylation is 1. The van der Waals surface area contributed by atoms with E-state index in [0.29, 0.717) is 5.92 Å². The summed E-state index contributed by atoms with van der Waals surface area (Å²) in [5.41, 5.74) is 2.11. The van der Waals surface area contributed by atoms with Gasteiger partial charge in [0.25, 0.3) is 0 Å². The van der Waals surface area contributed by atoms with Crippen molar-refractivity contribution in [1.29, 1.82) is 0 Å². The molecule has 0 unspecified atom stereocenters. The number of aromatic amines is 1. The van der Waals surface area contributed by atoms with Crippen LogP contribution in [0.25, 0.3) is 11.0 Å². The fourth-order valence-electron chi connectivity index (χ4n) is 3.58. The normalized spacial score (nSPS) is 18.1. The maximum absolute atomic E-state index is 4.67. The maximum atomic E-state index is 4.67. The molecule has 4 heterocycles. The standard InChI is InChI=1S/C18H21N7/c1-12-22-15(13-2-3-13)10-16(23-12)24-6-8-25(9-7-24)18-14-4-5-19-17(14)20-11-21-18/h4-5,10-11,13H,2-3,6-9H2,1H3,(H,19,20,21). The molecular formula is C18H21N7. The monoisotopic (exact) mass is 335 g/mol. The van der Waals surface area contributed by atoms with E-state index in [1.807, 2.05) is 19.2 Å². The average Bonchev–Trinajstić information content (AvgIpc) is 3.38. The molecule has 1 saturated carbocycles. The molecule has 7 heteroatoms. The van der Waals surface area contributed by atoms with Crippen LogP contribution >= 0.6 is 0 Å². The third-order valence-electron chi connectivity index (χ3n) is 5.08. The summed E-state index contributed by atoms with van der Waals surface area (Å²) in [4.78, 5) is 25.9. The fourth-order valence-corrected chi connectivity index (χ4v) is 3.58. The number of nitrogens with zero attached hydrogens (tertiary/aromatic N) is 6. The highest BCUT2D eigenvalue weighted by Crippen LogP contribution is 2.39. The Hall–Kier alpha value is -2.70. The van der Waals surface area contributed by atoms with E-state index >= 15 is 0 Å². The zero-order valence-electron chi connectivity index (χ0n) is 14.3. The van der Waals surface area contributed by atoms with E-state index in [1.54, 1.807) is 6.33 Å². The molecule has 3 aromatic heterocycles. The van der Waals surface area contributed by atoms with Crippen molar-refractivity contribution in [3.8, 4) is 0 Å². The Morgan fingerprint density at radius 3 is 2.64 bits per heavy atom. The Balaban J connectivity index is 1.35. The van der Waals surface area contributed by atoms with Crippen molar-refractivity contribution in [1.82, 2.24) is 24.9 Å². The Morgan fingerprint density at radius 2 is 1.84 bits per heavy atom. The molecular weight excluding hydrogens is 314 g/mol. The van der Waals surface area contributed by atoms with Crippen molar-refractivity contribution in [2.75, 3.05) is 36.0 Å². The van der Waals surface area contributed by atoms with Gasteiger partial charge in [-0.1, -0.05) is 0 Å². The minimum atomic E-state index is 0.657. The minimum absolute atomic E-state index is 0.657. The van der Waals surface area contributed by atoms with Crippen LogP contribution in [0.1, 0.15) is 30.3 Å². The number of nitrogens with one attached hydrogen (secondary N) is 1.